The average Bonchev–Trinajstić information content (AvgIpc) is 3.60. The highest BCUT2D eigenvalue weighted by Crippen LogP contribution is 2.47. The first kappa shape index (κ1) is 34.3. The molecule has 10 nitrogen and oxygen atoms in total. The van der Waals surface area contributed by atoms with Crippen molar-refractivity contribution in [3.05, 3.63) is 53.3 Å². The maximum Gasteiger partial charge on any atom is 0.303 e. The number of benzene rings is 2. The number of ether oxygens (including phenoxy) is 1. The standard InChI is InChI=1S/C36H47F2N5O5S/c1-34(2,32(44)42-49(46,47)43-18-24(39)19-43)23-10-13-30(28(16-23)27-8-4-9-29(37)31(27)22-6-3-7-22)48-26-12-11-25(17-26)41-33(45)36(38)20-35(40-21-36)14-5-15-35/h4,8-10,13,16,22,24-26,40H,3,5-7,11-12,14-15,17-21,39H2,1-2H3,(H,41,45)(H,42,44)/t25-,26-,36+/m1/s1. The molecular formula is C36H47F2N5O5S. The number of carbonyl (C=O) groups excluding carboxylic acids is 2. The van der Waals surface area contributed by atoms with Crippen LogP contribution in [0, 0.1) is 5.82 Å². The number of carbonyl (C=O) groups is 2. The first-order chi connectivity index (χ1) is 23.2. The Bertz CT molecular complexity index is 1740. The number of nitrogens with two attached hydrogens (primary N) is 1. The van der Waals surface area contributed by atoms with E-state index < -0.39 is 33.1 Å². The van der Waals surface area contributed by atoms with Gasteiger partial charge in [0.15, 0.2) is 0 Å². The molecule has 3 aliphatic carbocycles. The Morgan fingerprint density at radius 3 is 2.45 bits per heavy atom. The zero-order valence-corrected chi connectivity index (χ0v) is 29.0. The molecule has 49 heavy (non-hydrogen) atoms. The van der Waals surface area contributed by atoms with Gasteiger partial charge >= 0.3 is 10.2 Å². The summed E-state index contributed by atoms with van der Waals surface area (Å²) in [5.74, 6) is -1.02. The topological polar surface area (TPSA) is 143 Å². The summed E-state index contributed by atoms with van der Waals surface area (Å²) >= 11 is 0. The Kier molecular flexibility index (Phi) is 8.81. The van der Waals surface area contributed by atoms with Gasteiger partial charge in [-0.3, -0.25) is 9.59 Å². The Hall–Kier alpha value is -3.13. The second-order valence-electron chi connectivity index (χ2n) is 15.5. The number of halogens is 2. The summed E-state index contributed by atoms with van der Waals surface area (Å²) in [6, 6.07) is 9.75. The molecule has 7 rings (SSSR count). The quantitative estimate of drug-likeness (QED) is 0.293. The molecule has 266 valence electrons. The smallest absolute Gasteiger partial charge is 0.303 e. The van der Waals surface area contributed by atoms with Gasteiger partial charge in [-0.05, 0) is 99.6 Å². The minimum absolute atomic E-state index is 0.0326. The molecule has 0 aromatic heterocycles. The lowest BCUT2D eigenvalue weighted by Crippen LogP contribution is -2.61. The molecule has 1 spiro atoms. The second kappa shape index (κ2) is 12.6. The van der Waals surface area contributed by atoms with Gasteiger partial charge < -0.3 is 21.1 Å². The lowest BCUT2D eigenvalue weighted by Gasteiger charge is -2.38. The molecule has 5 fully saturated rings. The molecule has 3 atom stereocenters. The van der Waals surface area contributed by atoms with Crippen molar-refractivity contribution in [2.75, 3.05) is 19.6 Å². The molecule has 3 saturated carbocycles. The summed E-state index contributed by atoms with van der Waals surface area (Å²) in [6.07, 6.45) is 7.28. The van der Waals surface area contributed by atoms with Gasteiger partial charge in [-0.1, -0.05) is 24.6 Å². The van der Waals surface area contributed by atoms with Crippen LogP contribution in [0.1, 0.15) is 95.1 Å². The average molecular weight is 700 g/mol. The molecule has 2 amide bonds. The third-order valence-electron chi connectivity index (χ3n) is 11.7. The SMILES string of the molecule is CC(C)(C(=O)NS(=O)(=O)N1CC(N)C1)c1ccc(O[C@@H]2CC[C@@H](NC(=O)[C@@]3(F)CNC4(CCC4)C3)C2)c(-c2cccc(F)c2C2CCC2)c1. The maximum atomic E-state index is 15.7. The van der Waals surface area contributed by atoms with Gasteiger partial charge in [-0.15, -0.1) is 0 Å². The van der Waals surface area contributed by atoms with E-state index in [0.717, 1.165) is 42.8 Å². The van der Waals surface area contributed by atoms with Crippen LogP contribution in [0.3, 0.4) is 0 Å². The molecule has 2 aliphatic heterocycles. The number of hydrogen-bond acceptors (Lipinski definition) is 7. The van der Waals surface area contributed by atoms with Gasteiger partial charge in [-0.25, -0.2) is 13.5 Å². The number of alkyl halides is 1. The van der Waals surface area contributed by atoms with E-state index in [1.54, 1.807) is 38.1 Å². The molecule has 5 N–H and O–H groups in total. The summed E-state index contributed by atoms with van der Waals surface area (Å²) in [5, 5.41) is 6.20. The van der Waals surface area contributed by atoms with Crippen LogP contribution in [-0.4, -0.2) is 73.6 Å². The van der Waals surface area contributed by atoms with Gasteiger partial charge in [-0.2, -0.15) is 12.7 Å². The van der Waals surface area contributed by atoms with Crippen LogP contribution in [0.2, 0.25) is 0 Å². The van der Waals surface area contributed by atoms with E-state index in [-0.39, 0.29) is 61.5 Å². The molecule has 2 aromatic rings. The fraction of sp³-hybridized carbons (Fsp3) is 0.611. The molecular weight excluding hydrogens is 652 g/mol. The first-order valence-corrected chi connectivity index (χ1v) is 19.0. The van der Waals surface area contributed by atoms with E-state index in [1.807, 2.05) is 6.07 Å². The van der Waals surface area contributed by atoms with Crippen LogP contribution < -0.4 is 25.8 Å². The summed E-state index contributed by atoms with van der Waals surface area (Å²) in [6.45, 7) is 3.60. The van der Waals surface area contributed by atoms with Crippen molar-refractivity contribution < 1.29 is 31.5 Å². The Labute approximate surface area is 287 Å². The molecule has 0 bridgehead atoms. The van der Waals surface area contributed by atoms with E-state index in [0.29, 0.717) is 47.3 Å². The van der Waals surface area contributed by atoms with Gasteiger partial charge in [0.25, 0.3) is 5.91 Å². The Balaban J connectivity index is 1.12. The minimum Gasteiger partial charge on any atom is -0.490 e. The number of nitrogens with one attached hydrogen (secondary N) is 3. The first-order valence-electron chi connectivity index (χ1n) is 17.6. The largest absolute Gasteiger partial charge is 0.490 e. The molecule has 0 radical (unpaired) electrons. The number of hydrogen-bond donors (Lipinski definition) is 4. The molecule has 2 aromatic carbocycles. The normalized spacial score (nSPS) is 27.3. The van der Waals surface area contributed by atoms with Gasteiger partial charge in [0.1, 0.15) is 17.7 Å². The highest BCUT2D eigenvalue weighted by atomic mass is 32.2. The van der Waals surface area contributed by atoms with Crippen LogP contribution in [0.5, 0.6) is 5.75 Å². The number of nitrogens with zero attached hydrogens (tertiary/aromatic N) is 1. The highest BCUT2D eigenvalue weighted by molar-refractivity contribution is 7.87. The third kappa shape index (κ3) is 6.47. The molecule has 13 heteroatoms. The van der Waals surface area contributed by atoms with Crippen molar-refractivity contribution in [1.82, 2.24) is 19.7 Å². The van der Waals surface area contributed by atoms with E-state index in [1.165, 1.54) is 6.07 Å². The fourth-order valence-electron chi connectivity index (χ4n) is 8.00. The van der Waals surface area contributed by atoms with Gasteiger partial charge in [0.05, 0.1) is 5.41 Å². The van der Waals surface area contributed by atoms with Gasteiger partial charge in [0, 0.05) is 55.7 Å². The predicted molar refractivity (Wildman–Crippen MR) is 181 cm³/mol. The van der Waals surface area contributed by atoms with E-state index in [2.05, 4.69) is 15.4 Å². The minimum atomic E-state index is -4.06. The fourth-order valence-corrected chi connectivity index (χ4v) is 9.40. The molecule has 0 unspecified atom stereocenters. The molecule has 5 aliphatic rings. The second-order valence-corrected chi connectivity index (χ2v) is 17.2. The highest BCUT2D eigenvalue weighted by Gasteiger charge is 2.55. The van der Waals surface area contributed by atoms with E-state index in [9.17, 15) is 18.0 Å². The van der Waals surface area contributed by atoms with E-state index in [4.69, 9.17) is 10.5 Å². The zero-order valence-electron chi connectivity index (χ0n) is 28.2. The van der Waals surface area contributed by atoms with Crippen molar-refractivity contribution in [3.8, 4) is 16.9 Å². The van der Waals surface area contributed by atoms with Crippen LogP contribution in [0.15, 0.2) is 36.4 Å². The lowest BCUT2D eigenvalue weighted by molar-refractivity contribution is -0.133. The number of rotatable bonds is 10. The van der Waals surface area contributed by atoms with Crippen LogP contribution in [-0.2, 0) is 25.2 Å². The van der Waals surface area contributed by atoms with E-state index >= 15 is 8.78 Å². The Morgan fingerprint density at radius 2 is 1.82 bits per heavy atom. The van der Waals surface area contributed by atoms with Crippen LogP contribution >= 0.6 is 0 Å². The summed E-state index contributed by atoms with van der Waals surface area (Å²) in [5.41, 5.74) is 4.73. The number of amides is 2. The summed E-state index contributed by atoms with van der Waals surface area (Å²) < 4.78 is 66.8. The summed E-state index contributed by atoms with van der Waals surface area (Å²) in [4.78, 5) is 26.6. The monoisotopic (exact) mass is 699 g/mol. The third-order valence-corrected chi connectivity index (χ3v) is 13.1. The van der Waals surface area contributed by atoms with Crippen molar-refractivity contribution in [2.24, 2.45) is 5.73 Å². The van der Waals surface area contributed by atoms with Crippen molar-refractivity contribution >= 4 is 22.0 Å². The van der Waals surface area contributed by atoms with Crippen molar-refractivity contribution in [1.29, 1.82) is 0 Å². The Morgan fingerprint density at radius 1 is 1.06 bits per heavy atom. The maximum absolute atomic E-state index is 15.7. The van der Waals surface area contributed by atoms with Crippen LogP contribution in [0.4, 0.5) is 8.78 Å². The lowest BCUT2D eigenvalue weighted by atomic mass is 9.74. The molecule has 2 heterocycles. The van der Waals surface area contributed by atoms with Gasteiger partial charge in [0.2, 0.25) is 11.6 Å². The zero-order chi connectivity index (χ0) is 34.8. The predicted octanol–water partition coefficient (Wildman–Crippen LogP) is 4.08. The van der Waals surface area contributed by atoms with Crippen molar-refractivity contribution in [2.45, 2.75) is 119 Å². The van der Waals surface area contributed by atoms with Crippen molar-refractivity contribution in [3.63, 3.8) is 0 Å². The molecule has 2 saturated heterocycles. The summed E-state index contributed by atoms with van der Waals surface area (Å²) in [7, 11) is -4.06. The van der Waals surface area contributed by atoms with Crippen LogP contribution in [0.25, 0.3) is 11.1 Å².